The van der Waals surface area contributed by atoms with Crippen LogP contribution in [0.3, 0.4) is 0 Å². The average molecular weight is 298 g/mol. The Morgan fingerprint density at radius 3 is 2.71 bits per heavy atom. The van der Waals surface area contributed by atoms with Gasteiger partial charge in [-0.2, -0.15) is 0 Å². The van der Waals surface area contributed by atoms with E-state index in [2.05, 4.69) is 12.1 Å². The summed E-state index contributed by atoms with van der Waals surface area (Å²) in [6.07, 6.45) is 0.814. The van der Waals surface area contributed by atoms with Crippen LogP contribution in [0.4, 0.5) is 5.69 Å². The number of hydrogen-bond acceptors (Lipinski definition) is 3. The predicted molar refractivity (Wildman–Crippen MR) is 87.1 cm³/mol. The second kappa shape index (κ2) is 5.82. The molecule has 0 saturated heterocycles. The quantitative estimate of drug-likeness (QED) is 0.886. The van der Waals surface area contributed by atoms with Crippen LogP contribution in [0.5, 0.6) is 0 Å². The summed E-state index contributed by atoms with van der Waals surface area (Å²) >= 11 is 1.66. The summed E-state index contributed by atoms with van der Waals surface area (Å²) in [5.41, 5.74) is 8.95. The fraction of sp³-hybridized carbons (Fsp3) is 0.235. The Hall–Kier alpha value is -1.94. The Morgan fingerprint density at radius 1 is 1.24 bits per heavy atom. The highest BCUT2D eigenvalue weighted by molar-refractivity contribution is 8.01. The molecule has 0 aliphatic carbocycles. The van der Waals surface area contributed by atoms with Crippen molar-refractivity contribution >= 4 is 23.4 Å². The Bertz CT molecular complexity index is 646. The van der Waals surface area contributed by atoms with Gasteiger partial charge in [-0.15, -0.1) is 11.8 Å². The van der Waals surface area contributed by atoms with Gasteiger partial charge in [-0.3, -0.25) is 4.79 Å². The maximum atomic E-state index is 12.6. The van der Waals surface area contributed by atoms with Crippen LogP contribution in [-0.4, -0.2) is 23.1 Å². The van der Waals surface area contributed by atoms with Crippen molar-refractivity contribution in [2.45, 2.75) is 23.1 Å². The van der Waals surface area contributed by atoms with E-state index in [0.717, 1.165) is 17.7 Å². The lowest BCUT2D eigenvalue weighted by atomic mass is 10.1. The van der Waals surface area contributed by atoms with Crippen molar-refractivity contribution in [1.29, 1.82) is 0 Å². The Morgan fingerprint density at radius 2 is 1.95 bits per heavy atom. The summed E-state index contributed by atoms with van der Waals surface area (Å²) < 4.78 is 0. The summed E-state index contributed by atoms with van der Waals surface area (Å²) in [5.74, 6) is 0.166. The molecule has 1 atom stereocenters. The van der Waals surface area contributed by atoms with E-state index < -0.39 is 0 Å². The van der Waals surface area contributed by atoms with Gasteiger partial charge >= 0.3 is 0 Å². The first-order valence-electron chi connectivity index (χ1n) is 6.98. The number of carbonyl (C=O) groups is 1. The lowest BCUT2D eigenvalue weighted by Gasteiger charge is -2.21. The maximum Gasteiger partial charge on any atom is 0.236 e. The standard InChI is InChI=1S/C17H18N2OS/c1-19(11-13-7-2-4-8-14(13)18)17(20)16-10-12-6-3-5-9-15(12)21-16/h2-9,16H,10-11,18H2,1H3. The van der Waals surface area contributed by atoms with Crippen molar-refractivity contribution < 1.29 is 4.79 Å². The van der Waals surface area contributed by atoms with Gasteiger partial charge in [-0.05, 0) is 29.7 Å². The largest absolute Gasteiger partial charge is 0.398 e. The molecule has 0 bridgehead atoms. The second-order valence-corrected chi connectivity index (χ2v) is 6.56. The van der Waals surface area contributed by atoms with Gasteiger partial charge < -0.3 is 10.6 Å². The summed E-state index contributed by atoms with van der Waals surface area (Å²) in [6, 6.07) is 15.9. The van der Waals surface area contributed by atoms with Gasteiger partial charge in [0, 0.05) is 24.2 Å². The minimum Gasteiger partial charge on any atom is -0.398 e. The van der Waals surface area contributed by atoms with Gasteiger partial charge in [0.2, 0.25) is 5.91 Å². The zero-order chi connectivity index (χ0) is 14.8. The van der Waals surface area contributed by atoms with Crippen molar-refractivity contribution in [2.75, 3.05) is 12.8 Å². The molecule has 21 heavy (non-hydrogen) atoms. The first-order chi connectivity index (χ1) is 10.1. The van der Waals surface area contributed by atoms with E-state index in [9.17, 15) is 4.79 Å². The molecule has 108 valence electrons. The van der Waals surface area contributed by atoms with Gasteiger partial charge in [-0.1, -0.05) is 36.4 Å². The number of fused-ring (bicyclic) bond motifs is 1. The Kier molecular flexibility index (Phi) is 3.88. The molecule has 1 aliphatic rings. The highest BCUT2D eigenvalue weighted by Gasteiger charge is 2.30. The molecule has 3 nitrogen and oxygen atoms in total. The smallest absolute Gasteiger partial charge is 0.236 e. The van der Waals surface area contributed by atoms with Crippen LogP contribution in [-0.2, 0) is 17.8 Å². The number of benzene rings is 2. The normalized spacial score (nSPS) is 16.5. The van der Waals surface area contributed by atoms with E-state index in [1.807, 2.05) is 43.4 Å². The predicted octanol–water partition coefficient (Wildman–Crippen LogP) is 2.94. The average Bonchev–Trinajstić information content (AvgIpc) is 2.92. The van der Waals surface area contributed by atoms with Crippen LogP contribution in [0.25, 0.3) is 0 Å². The van der Waals surface area contributed by atoms with Gasteiger partial charge in [-0.25, -0.2) is 0 Å². The van der Waals surface area contributed by atoms with E-state index in [1.54, 1.807) is 16.7 Å². The first-order valence-corrected chi connectivity index (χ1v) is 7.86. The minimum atomic E-state index is -0.0164. The van der Waals surface area contributed by atoms with Gasteiger partial charge in [0.25, 0.3) is 0 Å². The molecule has 0 spiro atoms. The monoisotopic (exact) mass is 298 g/mol. The molecule has 2 aromatic carbocycles. The third kappa shape index (κ3) is 2.90. The van der Waals surface area contributed by atoms with Crippen molar-refractivity contribution in [3.63, 3.8) is 0 Å². The molecule has 1 unspecified atom stereocenters. The zero-order valence-electron chi connectivity index (χ0n) is 12.0. The number of carbonyl (C=O) groups excluding carboxylic acids is 1. The molecule has 0 saturated carbocycles. The zero-order valence-corrected chi connectivity index (χ0v) is 12.8. The molecule has 4 heteroatoms. The molecule has 0 fully saturated rings. The SMILES string of the molecule is CN(Cc1ccccc1N)C(=O)C1Cc2ccccc2S1. The van der Waals surface area contributed by atoms with Crippen molar-refractivity contribution in [1.82, 2.24) is 4.90 Å². The van der Waals surface area contributed by atoms with Crippen molar-refractivity contribution in [2.24, 2.45) is 0 Å². The number of anilines is 1. The molecule has 3 rings (SSSR count). The highest BCUT2D eigenvalue weighted by atomic mass is 32.2. The number of hydrogen-bond donors (Lipinski definition) is 1. The fourth-order valence-electron chi connectivity index (χ4n) is 2.58. The molecule has 1 aliphatic heterocycles. The molecular weight excluding hydrogens is 280 g/mol. The van der Waals surface area contributed by atoms with Gasteiger partial charge in [0.15, 0.2) is 0 Å². The third-order valence-corrected chi connectivity index (χ3v) is 5.07. The van der Waals surface area contributed by atoms with Crippen LogP contribution in [0.15, 0.2) is 53.4 Å². The summed E-state index contributed by atoms with van der Waals surface area (Å²) in [6.45, 7) is 0.554. The fourth-order valence-corrected chi connectivity index (χ4v) is 3.89. The molecule has 2 N–H and O–H groups in total. The van der Waals surface area contributed by atoms with Crippen LogP contribution in [0.1, 0.15) is 11.1 Å². The topological polar surface area (TPSA) is 46.3 Å². The number of nitrogen functional groups attached to an aromatic ring is 1. The minimum absolute atomic E-state index is 0.0164. The maximum absolute atomic E-state index is 12.6. The van der Waals surface area contributed by atoms with Crippen LogP contribution >= 0.6 is 11.8 Å². The number of rotatable bonds is 3. The van der Waals surface area contributed by atoms with Crippen molar-refractivity contribution in [3.05, 3.63) is 59.7 Å². The summed E-state index contributed by atoms with van der Waals surface area (Å²) in [7, 11) is 1.85. The molecular formula is C17H18N2OS. The number of thioether (sulfide) groups is 1. The van der Waals surface area contributed by atoms with Crippen molar-refractivity contribution in [3.8, 4) is 0 Å². The van der Waals surface area contributed by atoms with E-state index in [0.29, 0.717) is 6.54 Å². The molecule has 1 heterocycles. The first kappa shape index (κ1) is 14.0. The number of amides is 1. The molecule has 0 radical (unpaired) electrons. The van der Waals surface area contributed by atoms with E-state index in [4.69, 9.17) is 5.73 Å². The van der Waals surface area contributed by atoms with E-state index in [-0.39, 0.29) is 11.2 Å². The molecule has 2 aromatic rings. The number of nitrogens with zero attached hydrogens (tertiary/aromatic N) is 1. The number of nitrogens with two attached hydrogens (primary N) is 1. The molecule has 1 amide bonds. The van der Waals surface area contributed by atoms with Crippen LogP contribution in [0.2, 0.25) is 0 Å². The summed E-state index contributed by atoms with van der Waals surface area (Å²) in [5, 5.41) is -0.0164. The molecule has 0 aromatic heterocycles. The van der Waals surface area contributed by atoms with Crippen LogP contribution < -0.4 is 5.73 Å². The van der Waals surface area contributed by atoms with Gasteiger partial charge in [0.1, 0.15) is 0 Å². The highest BCUT2D eigenvalue weighted by Crippen LogP contribution is 2.37. The van der Waals surface area contributed by atoms with Gasteiger partial charge in [0.05, 0.1) is 5.25 Å². The summed E-state index contributed by atoms with van der Waals surface area (Å²) in [4.78, 5) is 15.6. The Balaban J connectivity index is 1.68. The van der Waals surface area contributed by atoms with E-state index in [1.165, 1.54) is 10.5 Å². The second-order valence-electron chi connectivity index (χ2n) is 5.31. The Labute approximate surface area is 129 Å². The third-order valence-electron chi connectivity index (χ3n) is 3.76. The lowest BCUT2D eigenvalue weighted by Crippen LogP contribution is -2.34. The van der Waals surface area contributed by atoms with E-state index >= 15 is 0 Å². The lowest BCUT2D eigenvalue weighted by molar-refractivity contribution is -0.129. The van der Waals surface area contributed by atoms with Crippen LogP contribution in [0, 0.1) is 0 Å². The number of para-hydroxylation sites is 1.